The molecule has 4 aromatic carbocycles. The molecule has 1 aromatic heterocycles. The summed E-state index contributed by atoms with van der Waals surface area (Å²) >= 11 is 0. The highest BCUT2D eigenvalue weighted by molar-refractivity contribution is 6.04. The van der Waals surface area contributed by atoms with Gasteiger partial charge in [-0.2, -0.15) is 0 Å². The molecule has 5 aromatic rings. The average Bonchev–Trinajstić information content (AvgIpc) is 3.33. The Hall–Kier alpha value is -4.90. The van der Waals surface area contributed by atoms with E-state index in [0.29, 0.717) is 11.5 Å². The van der Waals surface area contributed by atoms with Crippen molar-refractivity contribution in [3.63, 3.8) is 0 Å². The Morgan fingerprint density at radius 2 is 0.868 bits per heavy atom. The molecule has 0 saturated heterocycles. The van der Waals surface area contributed by atoms with Crippen molar-refractivity contribution in [1.29, 1.82) is 0 Å². The van der Waals surface area contributed by atoms with Crippen LogP contribution in [0.2, 0.25) is 0 Å². The van der Waals surface area contributed by atoms with Crippen molar-refractivity contribution in [3.05, 3.63) is 133 Å². The fourth-order valence-electron chi connectivity index (χ4n) is 4.22. The SMILES string of the molecule is CC(=Nc1ccccc1Oc1ccccc1)c1ccc(C(C)=Nc2ccccc2Oc2ccccc2)n1C. The minimum atomic E-state index is 0.709. The zero-order chi connectivity index (χ0) is 26.3. The van der Waals surface area contributed by atoms with Gasteiger partial charge in [-0.3, -0.25) is 0 Å². The fourth-order valence-corrected chi connectivity index (χ4v) is 4.22. The number of benzene rings is 4. The Kier molecular flexibility index (Phi) is 7.46. The van der Waals surface area contributed by atoms with E-state index in [1.165, 1.54) is 0 Å². The van der Waals surface area contributed by atoms with Gasteiger partial charge in [-0.15, -0.1) is 0 Å². The predicted octanol–water partition coefficient (Wildman–Crippen LogP) is 8.89. The van der Waals surface area contributed by atoms with Gasteiger partial charge >= 0.3 is 0 Å². The summed E-state index contributed by atoms with van der Waals surface area (Å²) in [6.45, 7) is 4.02. The van der Waals surface area contributed by atoms with Crippen LogP contribution in [0, 0.1) is 0 Å². The number of aromatic nitrogens is 1. The monoisotopic (exact) mass is 499 g/mol. The zero-order valence-electron chi connectivity index (χ0n) is 21.7. The summed E-state index contributed by atoms with van der Waals surface area (Å²) in [5.74, 6) is 2.97. The molecule has 0 aliphatic carbocycles. The molecule has 5 rings (SSSR count). The maximum absolute atomic E-state index is 6.10. The zero-order valence-corrected chi connectivity index (χ0v) is 21.7. The summed E-state index contributed by atoms with van der Waals surface area (Å²) in [6.07, 6.45) is 0. The summed E-state index contributed by atoms with van der Waals surface area (Å²) in [7, 11) is 2.03. The quantitative estimate of drug-likeness (QED) is 0.200. The van der Waals surface area contributed by atoms with Gasteiger partial charge in [0.1, 0.15) is 22.9 Å². The van der Waals surface area contributed by atoms with E-state index in [-0.39, 0.29) is 0 Å². The summed E-state index contributed by atoms with van der Waals surface area (Å²) in [4.78, 5) is 9.83. The van der Waals surface area contributed by atoms with Gasteiger partial charge in [0.15, 0.2) is 11.5 Å². The maximum atomic E-state index is 6.10. The molecule has 5 heteroatoms. The minimum Gasteiger partial charge on any atom is -0.455 e. The molecule has 0 unspecified atom stereocenters. The van der Waals surface area contributed by atoms with Gasteiger partial charge in [-0.05, 0) is 74.5 Å². The van der Waals surface area contributed by atoms with Gasteiger partial charge in [-0.25, -0.2) is 9.98 Å². The molecule has 0 atom stereocenters. The van der Waals surface area contributed by atoms with Crippen molar-refractivity contribution in [2.45, 2.75) is 13.8 Å². The molecule has 0 aliphatic heterocycles. The van der Waals surface area contributed by atoms with E-state index in [2.05, 4.69) is 16.7 Å². The van der Waals surface area contributed by atoms with Crippen LogP contribution in [0.5, 0.6) is 23.0 Å². The van der Waals surface area contributed by atoms with Crippen LogP contribution in [-0.2, 0) is 7.05 Å². The van der Waals surface area contributed by atoms with Gasteiger partial charge < -0.3 is 14.0 Å². The Balaban J connectivity index is 1.41. The first-order chi connectivity index (χ1) is 18.6. The molecule has 38 heavy (non-hydrogen) atoms. The number of aliphatic imine (C=N–C) groups is 2. The molecule has 0 aliphatic rings. The Morgan fingerprint density at radius 1 is 0.500 bits per heavy atom. The van der Waals surface area contributed by atoms with E-state index >= 15 is 0 Å². The molecule has 188 valence electrons. The van der Waals surface area contributed by atoms with E-state index in [1.54, 1.807) is 0 Å². The maximum Gasteiger partial charge on any atom is 0.153 e. The first-order valence-corrected chi connectivity index (χ1v) is 12.5. The summed E-state index contributed by atoms with van der Waals surface area (Å²) in [6, 6.07) is 39.2. The lowest BCUT2D eigenvalue weighted by Crippen LogP contribution is -2.09. The smallest absolute Gasteiger partial charge is 0.153 e. The summed E-state index contributed by atoms with van der Waals surface area (Å²) in [5, 5.41) is 0. The van der Waals surface area contributed by atoms with Crippen LogP contribution < -0.4 is 9.47 Å². The Bertz CT molecular complexity index is 1470. The van der Waals surface area contributed by atoms with Gasteiger partial charge in [0.05, 0.1) is 22.8 Å². The highest BCUT2D eigenvalue weighted by Gasteiger charge is 2.12. The van der Waals surface area contributed by atoms with E-state index in [0.717, 1.165) is 45.7 Å². The topological polar surface area (TPSA) is 48.1 Å². The van der Waals surface area contributed by atoms with Crippen molar-refractivity contribution < 1.29 is 9.47 Å². The minimum absolute atomic E-state index is 0.709. The first-order valence-electron chi connectivity index (χ1n) is 12.5. The molecule has 5 nitrogen and oxygen atoms in total. The highest BCUT2D eigenvalue weighted by Crippen LogP contribution is 2.33. The standard InChI is InChI=1S/C33H29N3O2/c1-24(34-28-18-10-12-20-32(28)37-26-14-6-4-7-15-26)30-22-23-31(36(30)3)25(2)35-29-19-11-13-21-33(29)38-27-16-8-5-9-17-27/h4-23H,1-3H3. The number of ether oxygens (including phenoxy) is 2. The van der Waals surface area contributed by atoms with Crippen LogP contribution in [-0.4, -0.2) is 16.0 Å². The van der Waals surface area contributed by atoms with Crippen LogP contribution in [0.25, 0.3) is 0 Å². The molecule has 0 amide bonds. The van der Waals surface area contributed by atoms with Crippen LogP contribution in [0.15, 0.2) is 131 Å². The van der Waals surface area contributed by atoms with Crippen molar-refractivity contribution in [3.8, 4) is 23.0 Å². The van der Waals surface area contributed by atoms with Gasteiger partial charge in [-0.1, -0.05) is 60.7 Å². The first kappa shape index (κ1) is 24.8. The molecule has 0 radical (unpaired) electrons. The van der Waals surface area contributed by atoms with Crippen LogP contribution in [0.1, 0.15) is 25.2 Å². The molecule has 0 N–H and O–H groups in total. The molecule has 0 saturated carbocycles. The summed E-state index contributed by atoms with van der Waals surface area (Å²) < 4.78 is 14.3. The van der Waals surface area contributed by atoms with E-state index < -0.39 is 0 Å². The summed E-state index contributed by atoms with van der Waals surface area (Å²) in [5.41, 5.74) is 5.30. The molecular formula is C33H29N3O2. The van der Waals surface area contributed by atoms with Gasteiger partial charge in [0, 0.05) is 7.05 Å². The third-order valence-electron chi connectivity index (χ3n) is 6.11. The molecule has 0 bridgehead atoms. The van der Waals surface area contributed by atoms with Gasteiger partial charge in [0.2, 0.25) is 0 Å². The number of nitrogens with zero attached hydrogens (tertiary/aromatic N) is 3. The van der Waals surface area contributed by atoms with Crippen LogP contribution in [0.4, 0.5) is 11.4 Å². The molecule has 0 fully saturated rings. The van der Waals surface area contributed by atoms with Crippen LogP contribution >= 0.6 is 0 Å². The Morgan fingerprint density at radius 3 is 1.29 bits per heavy atom. The van der Waals surface area contributed by atoms with E-state index in [4.69, 9.17) is 19.5 Å². The number of para-hydroxylation sites is 6. The van der Waals surface area contributed by atoms with Crippen LogP contribution in [0.3, 0.4) is 0 Å². The second-order valence-corrected chi connectivity index (χ2v) is 8.82. The van der Waals surface area contributed by atoms with E-state index in [9.17, 15) is 0 Å². The van der Waals surface area contributed by atoms with Crippen molar-refractivity contribution in [2.75, 3.05) is 0 Å². The second kappa shape index (κ2) is 11.4. The molecule has 1 heterocycles. The average molecular weight is 500 g/mol. The van der Waals surface area contributed by atoms with Crippen molar-refractivity contribution >= 4 is 22.8 Å². The predicted molar refractivity (Wildman–Crippen MR) is 155 cm³/mol. The third-order valence-corrected chi connectivity index (χ3v) is 6.11. The lowest BCUT2D eigenvalue weighted by atomic mass is 10.2. The number of hydrogen-bond donors (Lipinski definition) is 0. The normalized spacial score (nSPS) is 11.9. The number of rotatable bonds is 8. The van der Waals surface area contributed by atoms with Gasteiger partial charge in [0.25, 0.3) is 0 Å². The number of hydrogen-bond acceptors (Lipinski definition) is 4. The van der Waals surface area contributed by atoms with Crippen molar-refractivity contribution in [1.82, 2.24) is 4.57 Å². The molecular weight excluding hydrogens is 470 g/mol. The van der Waals surface area contributed by atoms with Crippen molar-refractivity contribution in [2.24, 2.45) is 17.0 Å². The Labute approximate surface area is 223 Å². The third kappa shape index (κ3) is 5.73. The second-order valence-electron chi connectivity index (χ2n) is 8.82. The fraction of sp³-hybridized carbons (Fsp3) is 0.0909. The highest BCUT2D eigenvalue weighted by atomic mass is 16.5. The lowest BCUT2D eigenvalue weighted by Gasteiger charge is -2.11. The van der Waals surface area contributed by atoms with E-state index in [1.807, 2.05) is 130 Å². The molecule has 0 spiro atoms. The largest absolute Gasteiger partial charge is 0.455 e. The lowest BCUT2D eigenvalue weighted by molar-refractivity contribution is 0.484.